The van der Waals surface area contributed by atoms with Gasteiger partial charge in [0, 0.05) is 11.8 Å². The summed E-state index contributed by atoms with van der Waals surface area (Å²) in [6, 6.07) is 0. The minimum Gasteiger partial charge on any atom is -0.394 e. The summed E-state index contributed by atoms with van der Waals surface area (Å²) < 4.78 is 17.1. The molecule has 0 bridgehead atoms. The molecule has 3 fully saturated rings. The Morgan fingerprint density at radius 2 is 1.74 bits per heavy atom. The Balaban J connectivity index is 1.67. The molecule has 27 heavy (non-hydrogen) atoms. The van der Waals surface area contributed by atoms with E-state index < -0.39 is 60.7 Å². The molecule has 1 aliphatic carbocycles. The summed E-state index contributed by atoms with van der Waals surface area (Å²) >= 11 is 0. The molecule has 8 heteroatoms. The van der Waals surface area contributed by atoms with Crippen molar-refractivity contribution in [3.8, 4) is 0 Å². The minimum atomic E-state index is -1.47. The van der Waals surface area contributed by atoms with Crippen molar-refractivity contribution in [2.24, 2.45) is 5.41 Å². The summed E-state index contributed by atoms with van der Waals surface area (Å²) in [6.07, 6.45) is -2.39. The lowest BCUT2D eigenvalue weighted by molar-refractivity contribution is -0.306. The molecule has 2 saturated heterocycles. The summed E-state index contributed by atoms with van der Waals surface area (Å²) in [5, 5.41) is 49.1. The molecule has 3 rings (SSSR count). The van der Waals surface area contributed by atoms with Crippen LogP contribution in [0.5, 0.6) is 0 Å². The molecule has 0 radical (unpaired) electrons. The molecule has 0 aromatic heterocycles. The number of epoxide rings is 1. The second-order valence-electron chi connectivity index (χ2n) is 8.91. The Kier molecular flexibility index (Phi) is 5.51. The highest BCUT2D eigenvalue weighted by atomic mass is 16.7. The number of aliphatic hydroxyl groups is 5. The van der Waals surface area contributed by atoms with E-state index in [0.29, 0.717) is 12.8 Å². The zero-order valence-electron chi connectivity index (χ0n) is 16.3. The molecule has 2 heterocycles. The third kappa shape index (κ3) is 3.47. The molecular weight excluding hydrogens is 356 g/mol. The van der Waals surface area contributed by atoms with Crippen LogP contribution in [0.25, 0.3) is 0 Å². The molecule has 0 unspecified atom stereocenters. The number of hydrogen-bond donors (Lipinski definition) is 5. The van der Waals surface area contributed by atoms with Crippen LogP contribution in [-0.2, 0) is 14.2 Å². The van der Waals surface area contributed by atoms with Gasteiger partial charge in [-0.15, -0.1) is 0 Å². The normalized spacial score (nSPS) is 50.4. The van der Waals surface area contributed by atoms with Gasteiger partial charge in [0.25, 0.3) is 0 Å². The maximum Gasteiger partial charge on any atom is 0.187 e. The van der Waals surface area contributed by atoms with Gasteiger partial charge in [0.2, 0.25) is 0 Å². The summed E-state index contributed by atoms with van der Waals surface area (Å²) in [5.74, 6) is 0. The van der Waals surface area contributed by atoms with E-state index in [4.69, 9.17) is 14.2 Å². The molecule has 3 aliphatic rings. The topological polar surface area (TPSA) is 132 Å². The lowest BCUT2D eigenvalue weighted by atomic mass is 9.63. The Morgan fingerprint density at radius 1 is 1.07 bits per heavy atom. The van der Waals surface area contributed by atoms with Crippen molar-refractivity contribution >= 4 is 0 Å². The van der Waals surface area contributed by atoms with Crippen LogP contribution < -0.4 is 0 Å². The second kappa shape index (κ2) is 7.03. The third-order valence-corrected chi connectivity index (χ3v) is 6.31. The lowest BCUT2D eigenvalue weighted by Crippen LogP contribution is -2.59. The van der Waals surface area contributed by atoms with Gasteiger partial charge in [-0.2, -0.15) is 0 Å². The van der Waals surface area contributed by atoms with Crippen LogP contribution in [-0.4, -0.2) is 86.3 Å². The predicted octanol–water partition coefficient (Wildman–Crippen LogP) is -0.544. The third-order valence-electron chi connectivity index (χ3n) is 6.31. The van der Waals surface area contributed by atoms with Gasteiger partial charge in [0.1, 0.15) is 35.6 Å². The molecule has 0 aromatic rings. The van der Waals surface area contributed by atoms with E-state index in [-0.39, 0.29) is 5.41 Å². The van der Waals surface area contributed by atoms with Crippen LogP contribution in [0.15, 0.2) is 12.2 Å². The first kappa shape index (κ1) is 21.1. The number of ether oxygens (including phenoxy) is 3. The fourth-order valence-electron chi connectivity index (χ4n) is 4.78. The standard InChI is InChI=1S/C19H32O8/c1-10(25-16-15(24)14(23)13(22)12(9-20)26-16)5-6-19-17(2,3)7-11(21)8-18(19,4)27-19/h5-6,10-16,20-24H,7-9H2,1-4H3/t10-,11-,12+,13+,14-,15+,16+,18+,19-/m0/s1. The van der Waals surface area contributed by atoms with Crippen LogP contribution in [0, 0.1) is 5.41 Å². The highest BCUT2D eigenvalue weighted by molar-refractivity contribution is 5.32. The Hall–Kier alpha value is -0.580. The molecule has 0 amide bonds. The number of rotatable bonds is 5. The molecular formula is C19H32O8. The van der Waals surface area contributed by atoms with Gasteiger partial charge in [-0.05, 0) is 20.3 Å². The minimum absolute atomic E-state index is 0.251. The molecule has 0 aromatic carbocycles. The summed E-state index contributed by atoms with van der Waals surface area (Å²) in [7, 11) is 0. The molecule has 156 valence electrons. The number of hydrogen-bond acceptors (Lipinski definition) is 8. The van der Waals surface area contributed by atoms with Crippen LogP contribution >= 0.6 is 0 Å². The monoisotopic (exact) mass is 388 g/mol. The van der Waals surface area contributed by atoms with E-state index in [1.165, 1.54) is 0 Å². The van der Waals surface area contributed by atoms with Gasteiger partial charge in [-0.3, -0.25) is 0 Å². The van der Waals surface area contributed by atoms with Crippen LogP contribution in [0.2, 0.25) is 0 Å². The summed E-state index contributed by atoms with van der Waals surface area (Å²) in [4.78, 5) is 0. The first-order chi connectivity index (χ1) is 12.5. The molecule has 5 N–H and O–H groups in total. The van der Waals surface area contributed by atoms with E-state index in [0.717, 1.165) is 0 Å². The molecule has 8 nitrogen and oxygen atoms in total. The Bertz CT molecular complexity index is 578. The quantitative estimate of drug-likeness (QED) is 0.313. The van der Waals surface area contributed by atoms with E-state index in [2.05, 4.69) is 13.8 Å². The van der Waals surface area contributed by atoms with E-state index in [1.54, 1.807) is 6.92 Å². The van der Waals surface area contributed by atoms with Crippen molar-refractivity contribution in [2.45, 2.75) is 94.7 Å². The SMILES string of the molecule is C[C@@H](C=C[C@@]12O[C@]1(C)C[C@@H](O)CC2(C)C)O[C@@H]1O[C@H](CO)[C@@H](O)[C@H](O)[C@H]1O. The van der Waals surface area contributed by atoms with Gasteiger partial charge < -0.3 is 39.7 Å². The number of aliphatic hydroxyl groups excluding tert-OH is 5. The van der Waals surface area contributed by atoms with E-state index in [1.807, 2.05) is 19.1 Å². The summed E-state index contributed by atoms with van der Waals surface area (Å²) in [6.45, 7) is 7.38. The highest BCUT2D eigenvalue weighted by Gasteiger charge is 2.74. The van der Waals surface area contributed by atoms with Gasteiger partial charge in [0.05, 0.1) is 18.8 Å². The van der Waals surface area contributed by atoms with Gasteiger partial charge in [0.15, 0.2) is 6.29 Å². The lowest BCUT2D eigenvalue weighted by Gasteiger charge is -2.40. The Labute approximate surface area is 159 Å². The van der Waals surface area contributed by atoms with Crippen LogP contribution in [0.4, 0.5) is 0 Å². The maximum atomic E-state index is 10.1. The predicted molar refractivity (Wildman–Crippen MR) is 94.7 cm³/mol. The molecule has 0 spiro atoms. The fourth-order valence-corrected chi connectivity index (χ4v) is 4.78. The van der Waals surface area contributed by atoms with Crippen molar-refractivity contribution in [1.82, 2.24) is 0 Å². The first-order valence-corrected chi connectivity index (χ1v) is 9.50. The van der Waals surface area contributed by atoms with Crippen molar-refractivity contribution in [2.75, 3.05) is 6.61 Å². The summed E-state index contributed by atoms with van der Waals surface area (Å²) in [5.41, 5.74) is -1.17. The van der Waals surface area contributed by atoms with Crippen LogP contribution in [0.3, 0.4) is 0 Å². The second-order valence-corrected chi connectivity index (χ2v) is 8.91. The average Bonchev–Trinajstić information content (AvgIpc) is 3.19. The zero-order chi connectivity index (χ0) is 20.2. The van der Waals surface area contributed by atoms with Gasteiger partial charge in [-0.1, -0.05) is 26.0 Å². The van der Waals surface area contributed by atoms with Gasteiger partial charge >= 0.3 is 0 Å². The highest BCUT2D eigenvalue weighted by Crippen LogP contribution is 2.66. The van der Waals surface area contributed by atoms with Crippen molar-refractivity contribution in [3.63, 3.8) is 0 Å². The van der Waals surface area contributed by atoms with Crippen molar-refractivity contribution in [3.05, 3.63) is 12.2 Å². The van der Waals surface area contributed by atoms with Crippen LogP contribution in [0.1, 0.15) is 40.5 Å². The Morgan fingerprint density at radius 3 is 2.33 bits per heavy atom. The smallest absolute Gasteiger partial charge is 0.187 e. The van der Waals surface area contributed by atoms with Gasteiger partial charge in [-0.25, -0.2) is 0 Å². The van der Waals surface area contributed by atoms with Crippen molar-refractivity contribution in [1.29, 1.82) is 0 Å². The van der Waals surface area contributed by atoms with E-state index >= 15 is 0 Å². The molecule has 9 atom stereocenters. The number of fused-ring (bicyclic) bond motifs is 1. The average molecular weight is 388 g/mol. The largest absolute Gasteiger partial charge is 0.394 e. The zero-order valence-corrected chi connectivity index (χ0v) is 16.3. The molecule has 1 saturated carbocycles. The first-order valence-electron chi connectivity index (χ1n) is 9.50. The van der Waals surface area contributed by atoms with Crippen molar-refractivity contribution < 1.29 is 39.7 Å². The fraction of sp³-hybridized carbons (Fsp3) is 0.895. The maximum absolute atomic E-state index is 10.1. The molecule has 2 aliphatic heterocycles. The van der Waals surface area contributed by atoms with E-state index in [9.17, 15) is 25.5 Å².